The Morgan fingerprint density at radius 1 is 1.36 bits per heavy atom. The first-order valence-electron chi connectivity index (χ1n) is 6.92. The largest absolute Gasteiger partial charge is 0.467 e. The molecule has 2 rings (SSSR count). The Morgan fingerprint density at radius 3 is 2.73 bits per heavy atom. The number of esters is 1. The number of hydrogen-bond donors (Lipinski definition) is 2. The van der Waals surface area contributed by atoms with Crippen molar-refractivity contribution in [2.75, 3.05) is 13.7 Å². The number of ether oxygens (including phenoxy) is 1. The minimum absolute atomic E-state index is 0.0585. The second-order valence-electron chi connectivity index (χ2n) is 5.15. The molecule has 2 N–H and O–H groups in total. The highest BCUT2D eigenvalue weighted by Crippen LogP contribution is 2.26. The van der Waals surface area contributed by atoms with Crippen molar-refractivity contribution in [2.45, 2.75) is 26.3 Å². The molecule has 1 heterocycles. The van der Waals surface area contributed by atoms with E-state index in [2.05, 4.69) is 10.1 Å². The van der Waals surface area contributed by atoms with Gasteiger partial charge in [0.05, 0.1) is 26.4 Å². The van der Waals surface area contributed by atoms with Crippen LogP contribution in [0.3, 0.4) is 0 Å². The summed E-state index contributed by atoms with van der Waals surface area (Å²) in [6.07, 6.45) is 1.60. The van der Waals surface area contributed by atoms with Gasteiger partial charge in [-0.15, -0.1) is 0 Å². The van der Waals surface area contributed by atoms with Gasteiger partial charge in [-0.3, -0.25) is 4.79 Å². The number of furan rings is 1. The molecule has 2 aromatic rings. The molecule has 6 nitrogen and oxygen atoms in total. The SMILES string of the molecule is COC(=O)[C@H](CO)NC(=O)Cc1coc2c(C)c(C)ccc12. The van der Waals surface area contributed by atoms with Crippen LogP contribution in [0.1, 0.15) is 16.7 Å². The third-order valence-electron chi connectivity index (χ3n) is 3.70. The number of nitrogens with one attached hydrogen (secondary N) is 1. The minimum atomic E-state index is -1.06. The number of carbonyl (C=O) groups is 2. The number of aliphatic hydroxyl groups is 1. The van der Waals surface area contributed by atoms with Crippen molar-refractivity contribution in [2.24, 2.45) is 0 Å². The van der Waals surface area contributed by atoms with Gasteiger partial charge in [-0.25, -0.2) is 4.79 Å². The van der Waals surface area contributed by atoms with Crippen LogP contribution in [0, 0.1) is 13.8 Å². The molecule has 0 saturated carbocycles. The number of aliphatic hydroxyl groups excluding tert-OH is 1. The standard InChI is InChI=1S/C16H19NO5/c1-9-4-5-12-11(8-22-15(12)10(9)2)6-14(19)17-13(7-18)16(20)21-3/h4-5,8,13,18H,6-7H2,1-3H3,(H,17,19)/t13-/m0/s1. The molecular formula is C16H19NO5. The number of fused-ring (bicyclic) bond motifs is 1. The summed E-state index contributed by atoms with van der Waals surface area (Å²) in [4.78, 5) is 23.4. The van der Waals surface area contributed by atoms with Crippen LogP contribution in [0.2, 0.25) is 0 Å². The van der Waals surface area contributed by atoms with Gasteiger partial charge in [-0.2, -0.15) is 0 Å². The van der Waals surface area contributed by atoms with Crippen LogP contribution in [-0.4, -0.2) is 36.7 Å². The van der Waals surface area contributed by atoms with Gasteiger partial charge >= 0.3 is 5.97 Å². The second kappa shape index (κ2) is 6.62. The molecule has 22 heavy (non-hydrogen) atoms. The number of carbonyl (C=O) groups excluding carboxylic acids is 2. The van der Waals surface area contributed by atoms with Gasteiger partial charge in [-0.1, -0.05) is 12.1 Å². The predicted octanol–water partition coefficient (Wildman–Crippen LogP) is 1.24. The van der Waals surface area contributed by atoms with Gasteiger partial charge in [0.15, 0.2) is 6.04 Å². The van der Waals surface area contributed by atoms with E-state index >= 15 is 0 Å². The lowest BCUT2D eigenvalue weighted by Crippen LogP contribution is -2.44. The highest BCUT2D eigenvalue weighted by atomic mass is 16.5. The molecule has 0 spiro atoms. The third-order valence-corrected chi connectivity index (χ3v) is 3.70. The summed E-state index contributed by atoms with van der Waals surface area (Å²) >= 11 is 0. The van der Waals surface area contributed by atoms with Crippen LogP contribution >= 0.6 is 0 Å². The van der Waals surface area contributed by atoms with E-state index in [9.17, 15) is 9.59 Å². The van der Waals surface area contributed by atoms with Crippen molar-refractivity contribution in [3.8, 4) is 0 Å². The Balaban J connectivity index is 2.16. The monoisotopic (exact) mass is 305 g/mol. The van der Waals surface area contributed by atoms with E-state index in [0.717, 1.165) is 27.7 Å². The maximum atomic E-state index is 12.0. The van der Waals surface area contributed by atoms with Crippen molar-refractivity contribution in [1.82, 2.24) is 5.32 Å². The van der Waals surface area contributed by atoms with E-state index in [4.69, 9.17) is 9.52 Å². The fourth-order valence-electron chi connectivity index (χ4n) is 2.26. The Hall–Kier alpha value is -2.34. The van der Waals surface area contributed by atoms with E-state index in [-0.39, 0.29) is 12.3 Å². The first-order valence-corrected chi connectivity index (χ1v) is 6.92. The summed E-state index contributed by atoms with van der Waals surface area (Å²) in [5.41, 5.74) is 3.64. The van der Waals surface area contributed by atoms with Crippen molar-refractivity contribution >= 4 is 22.8 Å². The molecule has 1 amide bonds. The third kappa shape index (κ3) is 3.12. The molecular weight excluding hydrogens is 286 g/mol. The Kier molecular flexibility index (Phi) is 4.82. The predicted molar refractivity (Wildman–Crippen MR) is 80.4 cm³/mol. The summed E-state index contributed by atoms with van der Waals surface area (Å²) in [7, 11) is 1.20. The van der Waals surface area contributed by atoms with Gasteiger partial charge in [0.25, 0.3) is 0 Å². The lowest BCUT2D eigenvalue weighted by atomic mass is 10.0. The average Bonchev–Trinajstić information content (AvgIpc) is 2.91. The molecule has 6 heteroatoms. The highest BCUT2D eigenvalue weighted by molar-refractivity contribution is 5.91. The molecule has 1 aromatic carbocycles. The lowest BCUT2D eigenvalue weighted by molar-refractivity contribution is -0.146. The summed E-state index contributed by atoms with van der Waals surface area (Å²) in [5.74, 6) is -1.07. The van der Waals surface area contributed by atoms with E-state index in [1.165, 1.54) is 7.11 Å². The molecule has 1 atom stereocenters. The van der Waals surface area contributed by atoms with Gasteiger partial charge in [0.1, 0.15) is 5.58 Å². The summed E-state index contributed by atoms with van der Waals surface area (Å²) in [6, 6.07) is 2.83. The zero-order chi connectivity index (χ0) is 16.3. The number of aryl methyl sites for hydroxylation is 2. The Bertz CT molecular complexity index is 704. The van der Waals surface area contributed by atoms with E-state index in [0.29, 0.717) is 0 Å². The summed E-state index contributed by atoms with van der Waals surface area (Å²) < 4.78 is 10.0. The van der Waals surface area contributed by atoms with E-state index in [1.54, 1.807) is 6.26 Å². The molecule has 0 aliphatic carbocycles. The minimum Gasteiger partial charge on any atom is -0.467 e. The van der Waals surface area contributed by atoms with Gasteiger partial charge < -0.3 is 19.6 Å². The lowest BCUT2D eigenvalue weighted by Gasteiger charge is -2.13. The molecule has 0 bridgehead atoms. The smallest absolute Gasteiger partial charge is 0.330 e. The van der Waals surface area contributed by atoms with E-state index in [1.807, 2.05) is 26.0 Å². The summed E-state index contributed by atoms with van der Waals surface area (Å²) in [5, 5.41) is 12.4. The number of methoxy groups -OCH3 is 1. The van der Waals surface area contributed by atoms with Crippen LogP contribution in [0.5, 0.6) is 0 Å². The molecule has 0 aliphatic rings. The van der Waals surface area contributed by atoms with Crippen LogP contribution < -0.4 is 5.32 Å². The average molecular weight is 305 g/mol. The molecule has 1 aromatic heterocycles. The highest BCUT2D eigenvalue weighted by Gasteiger charge is 2.21. The zero-order valence-electron chi connectivity index (χ0n) is 12.8. The van der Waals surface area contributed by atoms with Gasteiger partial charge in [-0.05, 0) is 25.0 Å². The normalized spacial score (nSPS) is 12.2. The topological polar surface area (TPSA) is 88.8 Å². The van der Waals surface area contributed by atoms with Crippen LogP contribution in [0.25, 0.3) is 11.0 Å². The van der Waals surface area contributed by atoms with Crippen LogP contribution in [0.4, 0.5) is 0 Å². The second-order valence-corrected chi connectivity index (χ2v) is 5.15. The number of benzene rings is 1. The van der Waals surface area contributed by atoms with Gasteiger partial charge in [0.2, 0.25) is 5.91 Å². The fourth-order valence-corrected chi connectivity index (χ4v) is 2.26. The Labute approximate surface area is 128 Å². The first-order chi connectivity index (χ1) is 10.5. The quantitative estimate of drug-likeness (QED) is 0.811. The zero-order valence-corrected chi connectivity index (χ0v) is 12.8. The molecule has 0 fully saturated rings. The van der Waals surface area contributed by atoms with Crippen molar-refractivity contribution in [1.29, 1.82) is 0 Å². The number of hydrogen-bond acceptors (Lipinski definition) is 5. The van der Waals surface area contributed by atoms with E-state index < -0.39 is 18.6 Å². The van der Waals surface area contributed by atoms with Crippen molar-refractivity contribution < 1.29 is 23.8 Å². The number of rotatable bonds is 5. The maximum Gasteiger partial charge on any atom is 0.330 e. The summed E-state index contributed by atoms with van der Waals surface area (Å²) in [6.45, 7) is 3.44. The molecule has 0 saturated heterocycles. The molecule has 118 valence electrons. The fraction of sp³-hybridized carbons (Fsp3) is 0.375. The Morgan fingerprint density at radius 2 is 2.09 bits per heavy atom. The first kappa shape index (κ1) is 16.0. The molecule has 0 unspecified atom stereocenters. The van der Waals surface area contributed by atoms with Crippen LogP contribution in [0.15, 0.2) is 22.8 Å². The van der Waals surface area contributed by atoms with Gasteiger partial charge in [0, 0.05) is 10.9 Å². The molecule has 0 aliphatic heterocycles. The maximum absolute atomic E-state index is 12.0. The van der Waals surface area contributed by atoms with Crippen molar-refractivity contribution in [3.63, 3.8) is 0 Å². The molecule has 0 radical (unpaired) electrons. The number of amides is 1. The van der Waals surface area contributed by atoms with Crippen molar-refractivity contribution in [3.05, 3.63) is 35.1 Å². The van der Waals surface area contributed by atoms with Crippen LogP contribution in [-0.2, 0) is 20.7 Å².